The summed E-state index contributed by atoms with van der Waals surface area (Å²) in [6.07, 6.45) is -3.27. The number of nitrogens with one attached hydrogen (secondary N) is 4. The minimum Gasteiger partial charge on any atom is -0.386 e. The smallest absolute Gasteiger partial charge is 0.386 e. The number of benzene rings is 1. The Labute approximate surface area is 177 Å². The summed E-state index contributed by atoms with van der Waals surface area (Å²) in [6.45, 7) is 0. The molecule has 1 aromatic carbocycles. The van der Waals surface area contributed by atoms with E-state index in [-0.39, 0.29) is 12.1 Å². The minimum atomic E-state index is -5.40. The van der Waals surface area contributed by atoms with Crippen molar-refractivity contribution in [3.63, 3.8) is 0 Å². The fraction of sp³-hybridized carbons (Fsp3) is 0.211. The first kappa shape index (κ1) is 22.5. The second kappa shape index (κ2) is 8.91. The van der Waals surface area contributed by atoms with Crippen LogP contribution in [-0.2, 0) is 20.7 Å². The van der Waals surface area contributed by atoms with E-state index in [4.69, 9.17) is 0 Å². The van der Waals surface area contributed by atoms with Gasteiger partial charge >= 0.3 is 18.1 Å². The van der Waals surface area contributed by atoms with E-state index < -0.39 is 41.2 Å². The zero-order valence-electron chi connectivity index (χ0n) is 16.4. The van der Waals surface area contributed by atoms with Crippen molar-refractivity contribution in [2.45, 2.75) is 18.6 Å². The van der Waals surface area contributed by atoms with Crippen LogP contribution in [0, 0.1) is 0 Å². The number of fused-ring (bicyclic) bond motifs is 1. The molecular weight excluding hydrogens is 435 g/mol. The first-order valence-corrected chi connectivity index (χ1v) is 9.05. The number of nitrogens with zero attached hydrogens (tertiary/aromatic N) is 1. The number of anilines is 1. The fourth-order valence-electron chi connectivity index (χ4n) is 2.87. The molecule has 0 unspecified atom stereocenters. The molecule has 13 heteroatoms. The monoisotopic (exact) mass is 451 g/mol. The van der Waals surface area contributed by atoms with Crippen LogP contribution in [-0.4, -0.2) is 52.1 Å². The highest BCUT2D eigenvalue weighted by Crippen LogP contribution is 2.20. The number of rotatable bonds is 6. The predicted molar refractivity (Wildman–Crippen MR) is 105 cm³/mol. The van der Waals surface area contributed by atoms with Gasteiger partial charge in [-0.2, -0.15) is 13.2 Å². The molecule has 3 aromatic rings. The molecule has 0 aliphatic heterocycles. The molecule has 0 saturated carbocycles. The van der Waals surface area contributed by atoms with Crippen molar-refractivity contribution >= 4 is 34.4 Å². The number of alkyl halides is 3. The van der Waals surface area contributed by atoms with Crippen molar-refractivity contribution in [3.8, 4) is 0 Å². The zero-order valence-corrected chi connectivity index (χ0v) is 16.4. The summed E-state index contributed by atoms with van der Waals surface area (Å²) < 4.78 is 41.2. The highest BCUT2D eigenvalue weighted by Gasteiger charge is 2.43. The number of esters is 2. The number of aromatic nitrogens is 3. The Morgan fingerprint density at radius 1 is 1.25 bits per heavy atom. The predicted octanol–water partition coefficient (Wildman–Crippen LogP) is 1.27. The number of carbonyl (C=O) groups is 3. The molecule has 168 valence electrons. The van der Waals surface area contributed by atoms with Crippen molar-refractivity contribution in [3.05, 3.63) is 58.4 Å². The number of para-hydroxylation sites is 1. The van der Waals surface area contributed by atoms with Crippen LogP contribution >= 0.6 is 0 Å². The Balaban J connectivity index is 1.89. The minimum absolute atomic E-state index is 0.262. The van der Waals surface area contributed by atoms with Crippen molar-refractivity contribution in [1.82, 2.24) is 20.3 Å². The topological polar surface area (TPSA) is 146 Å². The molecule has 0 fully saturated rings. The summed E-state index contributed by atoms with van der Waals surface area (Å²) in [4.78, 5) is 57.2. The van der Waals surface area contributed by atoms with Gasteiger partial charge in [-0.25, -0.2) is 14.6 Å². The summed E-state index contributed by atoms with van der Waals surface area (Å²) >= 11 is 0. The van der Waals surface area contributed by atoms with Gasteiger partial charge in [-0.1, -0.05) is 12.1 Å². The van der Waals surface area contributed by atoms with E-state index in [9.17, 15) is 32.3 Å². The zero-order chi connectivity index (χ0) is 23.5. The molecule has 1 amide bonds. The third-order valence-electron chi connectivity index (χ3n) is 4.39. The quantitative estimate of drug-likeness (QED) is 0.326. The number of H-pyrrole nitrogens is 2. The molecule has 0 radical (unpaired) electrons. The highest BCUT2D eigenvalue weighted by atomic mass is 19.4. The van der Waals surface area contributed by atoms with Crippen LogP contribution in [0.15, 0.2) is 41.6 Å². The standard InChI is InChI=1S/C19H16F3N5O5/c1-23-12-4-2-3-9-5-11(16(29)27-14(9)12)15(28)26-13(6-10-7-24-8-25-10)17(30)32-18(31)19(20,21)22/h2-5,7-8,13,23H,6H2,1H3,(H,24,25)(H,26,28)(H,27,29)/t13-/m0/s1. The second-order valence-corrected chi connectivity index (χ2v) is 6.55. The number of carbonyl (C=O) groups excluding carboxylic acids is 3. The van der Waals surface area contributed by atoms with Gasteiger partial charge in [0.15, 0.2) is 0 Å². The van der Waals surface area contributed by atoms with Gasteiger partial charge in [-0.05, 0) is 12.1 Å². The average Bonchev–Trinajstić information content (AvgIpc) is 3.24. The number of aromatic amines is 2. The van der Waals surface area contributed by atoms with Gasteiger partial charge in [0.05, 0.1) is 17.5 Å². The Morgan fingerprint density at radius 3 is 2.62 bits per heavy atom. The largest absolute Gasteiger partial charge is 0.491 e. The number of imidazole rings is 1. The Morgan fingerprint density at radius 2 is 2.00 bits per heavy atom. The lowest BCUT2D eigenvalue weighted by atomic mass is 10.1. The normalized spacial score (nSPS) is 12.2. The van der Waals surface area contributed by atoms with Crippen LogP contribution in [0.2, 0.25) is 0 Å². The number of pyridine rings is 1. The lowest BCUT2D eigenvalue weighted by Gasteiger charge is -2.17. The number of hydrogen-bond donors (Lipinski definition) is 4. The average molecular weight is 451 g/mol. The van der Waals surface area contributed by atoms with Crippen LogP contribution in [0.3, 0.4) is 0 Å². The molecule has 0 bridgehead atoms. The molecule has 0 spiro atoms. The number of ether oxygens (including phenoxy) is 1. The first-order valence-electron chi connectivity index (χ1n) is 9.05. The molecular formula is C19H16F3N5O5. The van der Waals surface area contributed by atoms with Gasteiger partial charge in [0.25, 0.3) is 11.5 Å². The summed E-state index contributed by atoms with van der Waals surface area (Å²) in [7, 11) is 1.64. The van der Waals surface area contributed by atoms with Crippen LogP contribution in [0.4, 0.5) is 18.9 Å². The van der Waals surface area contributed by atoms with E-state index in [2.05, 4.69) is 30.3 Å². The molecule has 0 aliphatic carbocycles. The van der Waals surface area contributed by atoms with Crippen LogP contribution in [0.1, 0.15) is 16.1 Å². The molecule has 0 saturated heterocycles. The van der Waals surface area contributed by atoms with Crippen molar-refractivity contribution in [1.29, 1.82) is 0 Å². The van der Waals surface area contributed by atoms with Gasteiger partial charge in [0.2, 0.25) is 0 Å². The Bertz CT molecular complexity index is 1220. The SMILES string of the molecule is CNc1cccc2cc(C(=O)N[C@@H](Cc3cnc[nH]3)C(=O)OC(=O)C(F)(F)F)c(=O)[nH]c12. The summed E-state index contributed by atoms with van der Waals surface area (Å²) in [5.41, 5.74) is 0.101. The molecule has 3 rings (SSSR count). The summed E-state index contributed by atoms with van der Waals surface area (Å²) in [5.74, 6) is -5.43. The Hall–Kier alpha value is -4.16. The van der Waals surface area contributed by atoms with Crippen molar-refractivity contribution < 1.29 is 32.3 Å². The molecule has 2 heterocycles. The maximum Gasteiger partial charge on any atom is 0.491 e. The molecule has 0 aliphatic rings. The van der Waals surface area contributed by atoms with Gasteiger partial charge in [-0.15, -0.1) is 0 Å². The third-order valence-corrected chi connectivity index (χ3v) is 4.39. The maximum absolute atomic E-state index is 12.7. The van der Waals surface area contributed by atoms with Crippen LogP contribution in [0.5, 0.6) is 0 Å². The van der Waals surface area contributed by atoms with Gasteiger partial charge in [0.1, 0.15) is 11.6 Å². The van der Waals surface area contributed by atoms with Crippen LogP contribution in [0.25, 0.3) is 10.9 Å². The van der Waals surface area contributed by atoms with E-state index in [1.807, 2.05) is 0 Å². The van der Waals surface area contributed by atoms with Crippen molar-refractivity contribution in [2.24, 2.45) is 0 Å². The van der Waals surface area contributed by atoms with E-state index >= 15 is 0 Å². The highest BCUT2D eigenvalue weighted by molar-refractivity contribution is 6.01. The van der Waals surface area contributed by atoms with Gasteiger partial charge in [-0.3, -0.25) is 9.59 Å². The number of halogens is 3. The lowest BCUT2D eigenvalue weighted by molar-refractivity contribution is -0.202. The number of hydrogen-bond acceptors (Lipinski definition) is 7. The fourth-order valence-corrected chi connectivity index (χ4v) is 2.87. The first-order chi connectivity index (χ1) is 15.1. The lowest BCUT2D eigenvalue weighted by Crippen LogP contribution is -2.46. The van der Waals surface area contributed by atoms with E-state index in [0.717, 1.165) is 0 Å². The maximum atomic E-state index is 12.7. The van der Waals surface area contributed by atoms with Gasteiger partial charge < -0.3 is 25.3 Å². The van der Waals surface area contributed by atoms with Gasteiger partial charge in [0, 0.05) is 30.7 Å². The van der Waals surface area contributed by atoms with Crippen LogP contribution < -0.4 is 16.2 Å². The molecule has 10 nitrogen and oxygen atoms in total. The molecule has 2 aromatic heterocycles. The second-order valence-electron chi connectivity index (χ2n) is 6.55. The number of amides is 1. The molecule has 32 heavy (non-hydrogen) atoms. The van der Waals surface area contributed by atoms with E-state index in [1.54, 1.807) is 25.2 Å². The van der Waals surface area contributed by atoms with E-state index in [0.29, 0.717) is 16.6 Å². The summed E-state index contributed by atoms with van der Waals surface area (Å²) in [5, 5.41) is 5.52. The molecule has 4 N–H and O–H groups in total. The van der Waals surface area contributed by atoms with E-state index in [1.165, 1.54) is 18.6 Å². The Kier molecular flexibility index (Phi) is 6.27. The third kappa shape index (κ3) is 4.94. The summed E-state index contributed by atoms with van der Waals surface area (Å²) in [6, 6.07) is 4.56. The van der Waals surface area contributed by atoms with Crippen molar-refractivity contribution in [2.75, 3.05) is 12.4 Å². The molecule has 1 atom stereocenters.